The van der Waals surface area contributed by atoms with Gasteiger partial charge in [-0.2, -0.15) is 0 Å². The number of hydrogen-bond donors (Lipinski definition) is 2. The topological polar surface area (TPSA) is 44.4 Å². The van der Waals surface area contributed by atoms with Crippen LogP contribution < -0.4 is 10.6 Å². The molecule has 4 nitrogen and oxygen atoms in total. The van der Waals surface area contributed by atoms with E-state index in [-0.39, 0.29) is 5.91 Å². The highest BCUT2D eigenvalue weighted by molar-refractivity contribution is 5.78. The van der Waals surface area contributed by atoms with Crippen LogP contribution in [-0.2, 0) is 4.79 Å². The Morgan fingerprint density at radius 3 is 2.94 bits per heavy atom. The van der Waals surface area contributed by atoms with Crippen molar-refractivity contribution < 1.29 is 4.79 Å². The van der Waals surface area contributed by atoms with Crippen LogP contribution in [0.2, 0.25) is 0 Å². The average Bonchev–Trinajstić information content (AvgIpc) is 2.45. The van der Waals surface area contributed by atoms with Crippen molar-refractivity contribution in [1.29, 1.82) is 0 Å². The maximum Gasteiger partial charge on any atom is 0.234 e. The fraction of sp³-hybridized carbons (Fsp3) is 0.750. The highest BCUT2D eigenvalue weighted by atomic mass is 16.2. The Kier molecular flexibility index (Phi) is 6.11. The second-order valence-corrected chi connectivity index (χ2v) is 4.47. The molecule has 4 heteroatoms. The van der Waals surface area contributed by atoms with Crippen LogP contribution in [0.1, 0.15) is 20.3 Å². The van der Waals surface area contributed by atoms with Crippen molar-refractivity contribution in [1.82, 2.24) is 15.5 Å². The number of allylic oxidation sites excluding steroid dienone is 1. The fourth-order valence-electron chi connectivity index (χ4n) is 1.69. The third-order valence-electron chi connectivity index (χ3n) is 2.61. The number of nitrogens with one attached hydrogen (secondary N) is 2. The van der Waals surface area contributed by atoms with Gasteiger partial charge in [0.05, 0.1) is 6.54 Å². The van der Waals surface area contributed by atoms with Crippen molar-refractivity contribution in [3.05, 3.63) is 11.6 Å². The Labute approximate surface area is 98.1 Å². The summed E-state index contributed by atoms with van der Waals surface area (Å²) in [7, 11) is 0. The van der Waals surface area contributed by atoms with Gasteiger partial charge in [0.15, 0.2) is 0 Å². The molecule has 0 aromatic rings. The molecule has 1 aliphatic heterocycles. The van der Waals surface area contributed by atoms with E-state index in [1.165, 1.54) is 5.57 Å². The van der Waals surface area contributed by atoms with E-state index >= 15 is 0 Å². The van der Waals surface area contributed by atoms with Crippen molar-refractivity contribution in [3.8, 4) is 0 Å². The van der Waals surface area contributed by atoms with Gasteiger partial charge in [-0.3, -0.25) is 9.69 Å². The Balaban J connectivity index is 2.19. The van der Waals surface area contributed by atoms with Crippen LogP contribution >= 0.6 is 0 Å². The molecule has 0 spiro atoms. The van der Waals surface area contributed by atoms with Crippen LogP contribution in [0.3, 0.4) is 0 Å². The molecule has 2 N–H and O–H groups in total. The molecular weight excluding hydrogens is 202 g/mol. The molecule has 0 saturated carbocycles. The predicted molar refractivity (Wildman–Crippen MR) is 66.4 cm³/mol. The first-order chi connectivity index (χ1) is 7.68. The second kappa shape index (κ2) is 7.41. The molecule has 92 valence electrons. The first-order valence-electron chi connectivity index (χ1n) is 6.01. The number of nitrogens with zero attached hydrogens (tertiary/aromatic N) is 1. The van der Waals surface area contributed by atoms with E-state index in [1.54, 1.807) is 0 Å². The van der Waals surface area contributed by atoms with Crippen LogP contribution in [-0.4, -0.2) is 50.1 Å². The summed E-state index contributed by atoms with van der Waals surface area (Å²) >= 11 is 0. The minimum Gasteiger partial charge on any atom is -0.352 e. The SMILES string of the molecule is CC(C)=CCNC(=O)CN1CCCNCC1. The van der Waals surface area contributed by atoms with Gasteiger partial charge in [-0.05, 0) is 33.4 Å². The van der Waals surface area contributed by atoms with Crippen molar-refractivity contribution in [3.63, 3.8) is 0 Å². The zero-order chi connectivity index (χ0) is 11.8. The normalized spacial score (nSPS) is 17.6. The number of carbonyl (C=O) groups excluding carboxylic acids is 1. The van der Waals surface area contributed by atoms with E-state index in [0.29, 0.717) is 13.1 Å². The Bertz CT molecular complexity index is 239. The summed E-state index contributed by atoms with van der Waals surface area (Å²) < 4.78 is 0. The van der Waals surface area contributed by atoms with Gasteiger partial charge < -0.3 is 10.6 Å². The Hall–Kier alpha value is -0.870. The molecule has 0 aromatic heterocycles. The molecule has 1 aliphatic rings. The van der Waals surface area contributed by atoms with E-state index < -0.39 is 0 Å². The molecule has 1 heterocycles. The van der Waals surface area contributed by atoms with E-state index in [4.69, 9.17) is 0 Å². The van der Waals surface area contributed by atoms with Gasteiger partial charge in [0.25, 0.3) is 0 Å². The first-order valence-corrected chi connectivity index (χ1v) is 6.01. The summed E-state index contributed by atoms with van der Waals surface area (Å²) in [5.41, 5.74) is 1.24. The van der Waals surface area contributed by atoms with Crippen LogP contribution in [0, 0.1) is 0 Å². The quantitative estimate of drug-likeness (QED) is 0.679. The minimum absolute atomic E-state index is 0.124. The van der Waals surface area contributed by atoms with Crippen LogP contribution in [0.5, 0.6) is 0 Å². The second-order valence-electron chi connectivity index (χ2n) is 4.47. The lowest BCUT2D eigenvalue weighted by molar-refractivity contribution is -0.122. The molecule has 0 aliphatic carbocycles. The molecule has 1 rings (SSSR count). The van der Waals surface area contributed by atoms with Gasteiger partial charge in [-0.15, -0.1) is 0 Å². The van der Waals surface area contributed by atoms with Gasteiger partial charge in [0.2, 0.25) is 5.91 Å². The molecule has 0 unspecified atom stereocenters. The molecule has 0 atom stereocenters. The fourth-order valence-corrected chi connectivity index (χ4v) is 1.69. The largest absolute Gasteiger partial charge is 0.352 e. The number of amides is 1. The highest BCUT2D eigenvalue weighted by Crippen LogP contribution is 1.94. The summed E-state index contributed by atoms with van der Waals surface area (Å²) in [5.74, 6) is 0.124. The summed E-state index contributed by atoms with van der Waals surface area (Å²) in [4.78, 5) is 13.8. The number of rotatable bonds is 4. The molecule has 0 aromatic carbocycles. The number of carbonyl (C=O) groups is 1. The lowest BCUT2D eigenvalue weighted by Gasteiger charge is -2.18. The third-order valence-corrected chi connectivity index (χ3v) is 2.61. The summed E-state index contributed by atoms with van der Waals surface area (Å²) in [6.45, 7) is 9.28. The van der Waals surface area contributed by atoms with E-state index in [0.717, 1.165) is 32.6 Å². The smallest absolute Gasteiger partial charge is 0.234 e. The van der Waals surface area contributed by atoms with Crippen molar-refractivity contribution in [2.45, 2.75) is 20.3 Å². The lowest BCUT2D eigenvalue weighted by atomic mass is 10.3. The van der Waals surface area contributed by atoms with Gasteiger partial charge in [-0.25, -0.2) is 0 Å². The number of hydrogen-bond acceptors (Lipinski definition) is 3. The average molecular weight is 225 g/mol. The highest BCUT2D eigenvalue weighted by Gasteiger charge is 2.11. The molecular formula is C12H23N3O. The molecule has 0 bridgehead atoms. The third kappa shape index (κ3) is 5.88. The zero-order valence-corrected chi connectivity index (χ0v) is 10.4. The molecule has 16 heavy (non-hydrogen) atoms. The van der Waals surface area contributed by atoms with Crippen molar-refractivity contribution in [2.24, 2.45) is 0 Å². The van der Waals surface area contributed by atoms with Gasteiger partial charge >= 0.3 is 0 Å². The van der Waals surface area contributed by atoms with Gasteiger partial charge in [-0.1, -0.05) is 11.6 Å². The van der Waals surface area contributed by atoms with E-state index in [9.17, 15) is 4.79 Å². The van der Waals surface area contributed by atoms with E-state index in [1.807, 2.05) is 19.9 Å². The predicted octanol–water partition coefficient (Wildman–Crippen LogP) is 0.364. The lowest BCUT2D eigenvalue weighted by Crippen LogP contribution is -2.38. The van der Waals surface area contributed by atoms with Gasteiger partial charge in [0.1, 0.15) is 0 Å². The van der Waals surface area contributed by atoms with Crippen LogP contribution in [0.15, 0.2) is 11.6 Å². The van der Waals surface area contributed by atoms with Crippen LogP contribution in [0.4, 0.5) is 0 Å². The standard InChI is InChI=1S/C12H23N3O/c1-11(2)4-6-14-12(16)10-15-8-3-5-13-7-9-15/h4,13H,3,5-10H2,1-2H3,(H,14,16). The summed E-state index contributed by atoms with van der Waals surface area (Å²) in [5, 5.41) is 6.23. The maximum absolute atomic E-state index is 11.6. The first kappa shape index (κ1) is 13.2. The van der Waals surface area contributed by atoms with E-state index in [2.05, 4.69) is 15.5 Å². The van der Waals surface area contributed by atoms with Crippen molar-refractivity contribution in [2.75, 3.05) is 39.3 Å². The van der Waals surface area contributed by atoms with Crippen LogP contribution in [0.25, 0.3) is 0 Å². The Morgan fingerprint density at radius 1 is 1.38 bits per heavy atom. The summed E-state index contributed by atoms with van der Waals surface area (Å²) in [6, 6.07) is 0. The zero-order valence-electron chi connectivity index (χ0n) is 10.4. The summed E-state index contributed by atoms with van der Waals surface area (Å²) in [6.07, 6.45) is 3.16. The van der Waals surface area contributed by atoms with Crippen molar-refractivity contribution >= 4 is 5.91 Å². The molecule has 1 fully saturated rings. The molecule has 0 radical (unpaired) electrons. The maximum atomic E-state index is 11.6. The molecule has 1 saturated heterocycles. The monoisotopic (exact) mass is 225 g/mol. The minimum atomic E-state index is 0.124. The Morgan fingerprint density at radius 2 is 2.19 bits per heavy atom. The molecule has 1 amide bonds. The van der Waals surface area contributed by atoms with Gasteiger partial charge in [0, 0.05) is 19.6 Å².